The van der Waals surface area contributed by atoms with E-state index in [1.807, 2.05) is 54.6 Å². The Hall–Kier alpha value is -3.15. The summed E-state index contributed by atoms with van der Waals surface area (Å²) in [7, 11) is 1.57. The number of hydrogen-bond donors (Lipinski definition) is 1. The van der Waals surface area contributed by atoms with Crippen LogP contribution in [-0.2, 0) is 6.42 Å². The minimum Gasteiger partial charge on any atom is -0.507 e. The summed E-state index contributed by atoms with van der Waals surface area (Å²) in [5.41, 5.74) is 3.48. The molecule has 35 heavy (non-hydrogen) atoms. The standard InChI is InChI=1S/C29H30ClNO4/c1-33-24-18-25(32)29-27(19-24)35-26(17-20-5-9-22(30)10-6-20)28(29)21-7-11-23(12-8-21)34-16-15-31-13-3-2-4-14-31/h5-12,18-19,32H,2-4,13-17H2,1H3. The van der Waals surface area contributed by atoms with Gasteiger partial charge in [-0.25, -0.2) is 0 Å². The number of hydrogen-bond acceptors (Lipinski definition) is 5. The maximum absolute atomic E-state index is 10.8. The summed E-state index contributed by atoms with van der Waals surface area (Å²) >= 11 is 6.07. The molecule has 182 valence electrons. The Morgan fingerprint density at radius 1 is 0.943 bits per heavy atom. The molecule has 0 radical (unpaired) electrons. The van der Waals surface area contributed by atoms with Gasteiger partial charge in [0, 0.05) is 35.7 Å². The first-order valence-electron chi connectivity index (χ1n) is 12.1. The first-order chi connectivity index (χ1) is 17.1. The molecule has 0 unspecified atom stereocenters. The molecular weight excluding hydrogens is 462 g/mol. The highest BCUT2D eigenvalue weighted by molar-refractivity contribution is 6.30. The summed E-state index contributed by atoms with van der Waals surface area (Å²) in [4.78, 5) is 2.47. The first kappa shape index (κ1) is 23.6. The Labute approximate surface area is 210 Å². The second kappa shape index (κ2) is 10.6. The smallest absolute Gasteiger partial charge is 0.142 e. The van der Waals surface area contributed by atoms with Crippen LogP contribution in [0, 0.1) is 0 Å². The van der Waals surface area contributed by atoms with E-state index in [1.165, 1.54) is 32.4 Å². The van der Waals surface area contributed by atoms with Crippen LogP contribution in [0.3, 0.4) is 0 Å². The van der Waals surface area contributed by atoms with Crippen molar-refractivity contribution >= 4 is 22.6 Å². The van der Waals surface area contributed by atoms with Gasteiger partial charge >= 0.3 is 0 Å². The molecule has 3 aromatic carbocycles. The molecular formula is C29H30ClNO4. The number of piperidine rings is 1. The molecule has 0 amide bonds. The molecule has 4 aromatic rings. The maximum Gasteiger partial charge on any atom is 0.142 e. The van der Waals surface area contributed by atoms with Gasteiger partial charge in [-0.3, -0.25) is 4.90 Å². The number of likely N-dealkylation sites (tertiary alicyclic amines) is 1. The van der Waals surface area contributed by atoms with Crippen molar-refractivity contribution in [1.29, 1.82) is 0 Å². The van der Waals surface area contributed by atoms with Crippen molar-refractivity contribution in [3.05, 3.63) is 77.0 Å². The van der Waals surface area contributed by atoms with Crippen molar-refractivity contribution in [2.45, 2.75) is 25.7 Å². The van der Waals surface area contributed by atoms with Crippen molar-refractivity contribution in [2.24, 2.45) is 0 Å². The number of ether oxygens (including phenoxy) is 2. The Balaban J connectivity index is 1.42. The van der Waals surface area contributed by atoms with Crippen LogP contribution in [0.15, 0.2) is 65.1 Å². The van der Waals surface area contributed by atoms with E-state index in [-0.39, 0.29) is 5.75 Å². The number of halogens is 1. The van der Waals surface area contributed by atoms with E-state index in [0.717, 1.165) is 34.7 Å². The number of furan rings is 1. The van der Waals surface area contributed by atoms with Gasteiger partial charge < -0.3 is 19.0 Å². The number of fused-ring (bicyclic) bond motifs is 1. The number of nitrogens with zero attached hydrogens (tertiary/aromatic N) is 1. The zero-order valence-electron chi connectivity index (χ0n) is 19.9. The summed E-state index contributed by atoms with van der Waals surface area (Å²) < 4.78 is 17.6. The minimum absolute atomic E-state index is 0.127. The number of methoxy groups -OCH3 is 1. The fraction of sp³-hybridized carbons (Fsp3) is 0.310. The van der Waals surface area contributed by atoms with Gasteiger partial charge in [0.15, 0.2) is 0 Å². The van der Waals surface area contributed by atoms with Crippen molar-refractivity contribution in [2.75, 3.05) is 33.4 Å². The van der Waals surface area contributed by atoms with Gasteiger partial charge in [0.25, 0.3) is 0 Å². The summed E-state index contributed by atoms with van der Waals surface area (Å²) in [6.07, 6.45) is 4.47. The van der Waals surface area contributed by atoms with Gasteiger partial charge in [-0.2, -0.15) is 0 Å². The quantitative estimate of drug-likeness (QED) is 0.290. The van der Waals surface area contributed by atoms with E-state index in [0.29, 0.717) is 34.8 Å². The molecule has 2 heterocycles. The second-order valence-corrected chi connectivity index (χ2v) is 9.43. The van der Waals surface area contributed by atoms with E-state index >= 15 is 0 Å². The molecule has 1 N–H and O–H groups in total. The molecule has 0 bridgehead atoms. The summed E-state index contributed by atoms with van der Waals surface area (Å²) in [6.45, 7) is 3.96. The summed E-state index contributed by atoms with van der Waals surface area (Å²) in [6, 6.07) is 19.1. The zero-order valence-corrected chi connectivity index (χ0v) is 20.7. The van der Waals surface area contributed by atoms with E-state index in [1.54, 1.807) is 13.2 Å². The normalized spacial score (nSPS) is 14.3. The van der Waals surface area contributed by atoms with Crippen molar-refractivity contribution < 1.29 is 19.0 Å². The lowest BCUT2D eigenvalue weighted by Gasteiger charge is -2.26. The van der Waals surface area contributed by atoms with Gasteiger partial charge in [0.05, 0.1) is 12.5 Å². The average molecular weight is 492 g/mol. The van der Waals surface area contributed by atoms with Gasteiger partial charge in [-0.1, -0.05) is 42.3 Å². The largest absolute Gasteiger partial charge is 0.507 e. The Morgan fingerprint density at radius 3 is 2.40 bits per heavy atom. The summed E-state index contributed by atoms with van der Waals surface area (Å²) in [5, 5.41) is 12.2. The fourth-order valence-electron chi connectivity index (χ4n) is 4.76. The van der Waals surface area contributed by atoms with Crippen molar-refractivity contribution in [3.8, 4) is 28.4 Å². The maximum atomic E-state index is 10.8. The molecule has 1 aliphatic rings. The van der Waals surface area contributed by atoms with Crippen LogP contribution in [0.25, 0.3) is 22.1 Å². The number of aromatic hydroxyl groups is 1. The number of phenols is 1. The van der Waals surface area contributed by atoms with E-state index in [4.69, 9.17) is 25.5 Å². The molecule has 5 nitrogen and oxygen atoms in total. The third kappa shape index (κ3) is 5.42. The number of phenolic OH excluding ortho intramolecular Hbond substituents is 1. The van der Waals surface area contributed by atoms with Gasteiger partial charge in [-0.15, -0.1) is 0 Å². The molecule has 0 spiro atoms. The highest BCUT2D eigenvalue weighted by atomic mass is 35.5. The van der Waals surface area contributed by atoms with Crippen LogP contribution in [-0.4, -0.2) is 43.4 Å². The Morgan fingerprint density at radius 2 is 1.69 bits per heavy atom. The van der Waals surface area contributed by atoms with E-state index in [2.05, 4.69) is 4.90 Å². The molecule has 6 heteroatoms. The van der Waals surface area contributed by atoms with Crippen LogP contribution < -0.4 is 9.47 Å². The zero-order chi connectivity index (χ0) is 24.2. The molecule has 0 atom stereocenters. The third-order valence-electron chi connectivity index (χ3n) is 6.60. The summed E-state index contributed by atoms with van der Waals surface area (Å²) in [5.74, 6) is 2.28. The van der Waals surface area contributed by atoms with Crippen LogP contribution in [0.5, 0.6) is 17.2 Å². The molecule has 5 rings (SSSR count). The molecule has 1 aliphatic heterocycles. The molecule has 1 fully saturated rings. The predicted octanol–water partition coefficient (Wildman–Crippen LogP) is 6.92. The molecule has 1 aromatic heterocycles. The Bertz CT molecular complexity index is 1280. The fourth-order valence-corrected chi connectivity index (χ4v) is 4.89. The SMILES string of the molecule is COc1cc(O)c2c(-c3ccc(OCCN4CCCCC4)cc3)c(Cc3ccc(Cl)cc3)oc2c1. The van der Waals surface area contributed by atoms with Crippen molar-refractivity contribution in [3.63, 3.8) is 0 Å². The predicted molar refractivity (Wildman–Crippen MR) is 140 cm³/mol. The lowest BCUT2D eigenvalue weighted by Crippen LogP contribution is -2.33. The second-order valence-electron chi connectivity index (χ2n) is 9.00. The van der Waals surface area contributed by atoms with Gasteiger partial charge in [-0.05, 0) is 61.3 Å². The Kier molecular flexibility index (Phi) is 7.16. The lowest BCUT2D eigenvalue weighted by atomic mass is 9.98. The monoisotopic (exact) mass is 491 g/mol. The third-order valence-corrected chi connectivity index (χ3v) is 6.85. The minimum atomic E-state index is 0.127. The van der Waals surface area contributed by atoms with E-state index < -0.39 is 0 Å². The van der Waals surface area contributed by atoms with Gasteiger partial charge in [0.1, 0.15) is 35.2 Å². The highest BCUT2D eigenvalue weighted by Gasteiger charge is 2.21. The number of benzene rings is 3. The average Bonchev–Trinajstić information content (AvgIpc) is 3.25. The topological polar surface area (TPSA) is 55.1 Å². The number of rotatable bonds is 8. The van der Waals surface area contributed by atoms with Crippen LogP contribution >= 0.6 is 11.6 Å². The van der Waals surface area contributed by atoms with Gasteiger partial charge in [0.2, 0.25) is 0 Å². The lowest BCUT2D eigenvalue weighted by molar-refractivity contribution is 0.183. The first-order valence-corrected chi connectivity index (χ1v) is 12.5. The molecule has 0 saturated carbocycles. The molecule has 1 saturated heterocycles. The molecule has 0 aliphatic carbocycles. The highest BCUT2D eigenvalue weighted by Crippen LogP contribution is 2.43. The van der Waals surface area contributed by atoms with Crippen molar-refractivity contribution in [1.82, 2.24) is 4.90 Å². The van der Waals surface area contributed by atoms with Crippen LogP contribution in [0.2, 0.25) is 5.02 Å². The van der Waals surface area contributed by atoms with E-state index in [9.17, 15) is 5.11 Å². The van der Waals surface area contributed by atoms with Crippen LogP contribution in [0.4, 0.5) is 0 Å². The van der Waals surface area contributed by atoms with Crippen LogP contribution in [0.1, 0.15) is 30.6 Å².